The molecule has 24 heavy (non-hydrogen) atoms. The van der Waals surface area contributed by atoms with Gasteiger partial charge in [-0.2, -0.15) is 0 Å². The summed E-state index contributed by atoms with van der Waals surface area (Å²) in [6.07, 6.45) is 4.47. The second kappa shape index (κ2) is 7.15. The average Bonchev–Trinajstić information content (AvgIpc) is 2.94. The molecule has 0 aliphatic rings. The van der Waals surface area contributed by atoms with E-state index in [0.29, 0.717) is 13.0 Å². The molecule has 0 saturated carbocycles. The molecule has 0 atom stereocenters. The minimum absolute atomic E-state index is 0.0166. The highest BCUT2D eigenvalue weighted by Crippen LogP contribution is 2.12. The topological polar surface area (TPSA) is 64.0 Å². The number of benzene rings is 1. The molecule has 1 aromatic carbocycles. The number of aromatic nitrogens is 2. The van der Waals surface area contributed by atoms with Crippen LogP contribution in [0.2, 0.25) is 0 Å². The molecule has 0 amide bonds. The van der Waals surface area contributed by atoms with Crippen molar-refractivity contribution in [2.24, 2.45) is 0 Å². The van der Waals surface area contributed by atoms with E-state index in [4.69, 9.17) is 0 Å². The van der Waals surface area contributed by atoms with E-state index in [-0.39, 0.29) is 5.75 Å². The highest BCUT2D eigenvalue weighted by Gasteiger charge is 2.11. The number of pyridine rings is 1. The van der Waals surface area contributed by atoms with Gasteiger partial charge in [0, 0.05) is 30.9 Å². The van der Waals surface area contributed by atoms with Crippen LogP contribution in [0.25, 0.3) is 11.0 Å². The average molecular weight is 343 g/mol. The second-order valence-electron chi connectivity index (χ2n) is 5.92. The van der Waals surface area contributed by atoms with Crippen molar-refractivity contribution >= 4 is 21.1 Å². The summed E-state index contributed by atoms with van der Waals surface area (Å²) in [5.74, 6) is 0.0166. The fourth-order valence-electron chi connectivity index (χ4n) is 2.75. The number of nitrogens with zero attached hydrogens (tertiary/aromatic N) is 2. The number of hydrogen-bond donors (Lipinski definition) is 1. The smallest absolute Gasteiger partial charge is 0.215 e. The molecule has 0 fully saturated rings. The maximum absolute atomic E-state index is 12.2. The quantitative estimate of drug-likeness (QED) is 0.671. The van der Waals surface area contributed by atoms with Gasteiger partial charge in [-0.1, -0.05) is 29.8 Å². The molecule has 3 aromatic rings. The van der Waals surface area contributed by atoms with E-state index in [1.54, 1.807) is 6.20 Å². The maximum atomic E-state index is 12.2. The molecular formula is C18H21N3O2S. The maximum Gasteiger partial charge on any atom is 0.215 e. The van der Waals surface area contributed by atoms with Gasteiger partial charge >= 0.3 is 0 Å². The van der Waals surface area contributed by atoms with Crippen LogP contribution in [0.1, 0.15) is 17.5 Å². The van der Waals surface area contributed by atoms with Crippen molar-refractivity contribution in [3.63, 3.8) is 0 Å². The summed E-state index contributed by atoms with van der Waals surface area (Å²) >= 11 is 0. The van der Waals surface area contributed by atoms with Crippen molar-refractivity contribution in [2.75, 3.05) is 6.54 Å². The van der Waals surface area contributed by atoms with Crippen LogP contribution >= 0.6 is 0 Å². The monoisotopic (exact) mass is 343 g/mol. The summed E-state index contributed by atoms with van der Waals surface area (Å²) in [4.78, 5) is 4.36. The molecule has 0 radical (unpaired) electrons. The zero-order valence-electron chi connectivity index (χ0n) is 13.6. The summed E-state index contributed by atoms with van der Waals surface area (Å²) in [6, 6.07) is 13.5. The summed E-state index contributed by atoms with van der Waals surface area (Å²) < 4.78 is 29.0. The Morgan fingerprint density at radius 3 is 2.88 bits per heavy atom. The van der Waals surface area contributed by atoms with Crippen LogP contribution in [0.5, 0.6) is 0 Å². The summed E-state index contributed by atoms with van der Waals surface area (Å²) in [7, 11) is -3.31. The predicted molar refractivity (Wildman–Crippen MR) is 96.2 cm³/mol. The molecule has 0 unspecified atom stereocenters. The van der Waals surface area contributed by atoms with E-state index in [0.717, 1.165) is 28.7 Å². The van der Waals surface area contributed by atoms with E-state index >= 15 is 0 Å². The molecule has 0 bridgehead atoms. The first kappa shape index (κ1) is 16.7. The SMILES string of the molecule is Cc1cccc(CS(=O)(=O)NCCCn2ccc3cccnc32)c1. The summed E-state index contributed by atoms with van der Waals surface area (Å²) in [5, 5.41) is 1.09. The molecule has 6 heteroatoms. The Bertz CT molecular complexity index is 932. The molecule has 0 aliphatic heterocycles. The second-order valence-corrected chi connectivity index (χ2v) is 7.73. The fraction of sp³-hybridized carbons (Fsp3) is 0.278. The number of hydrogen-bond acceptors (Lipinski definition) is 3. The predicted octanol–water partition coefficient (Wildman–Crippen LogP) is 2.85. The van der Waals surface area contributed by atoms with Crippen LogP contribution in [0.4, 0.5) is 0 Å². The van der Waals surface area contributed by atoms with Crippen LogP contribution in [0.15, 0.2) is 54.9 Å². The molecule has 3 rings (SSSR count). The number of nitrogens with one attached hydrogen (secondary N) is 1. The molecule has 5 nitrogen and oxygen atoms in total. The lowest BCUT2D eigenvalue weighted by atomic mass is 10.2. The Labute approximate surface area is 142 Å². The number of fused-ring (bicyclic) bond motifs is 1. The Morgan fingerprint density at radius 1 is 1.17 bits per heavy atom. The third-order valence-corrected chi connectivity index (χ3v) is 5.22. The van der Waals surface area contributed by atoms with Gasteiger partial charge in [0.15, 0.2) is 0 Å². The van der Waals surface area contributed by atoms with Crippen LogP contribution in [0, 0.1) is 6.92 Å². The Morgan fingerprint density at radius 2 is 2.04 bits per heavy atom. The summed E-state index contributed by atoms with van der Waals surface area (Å²) in [6.45, 7) is 3.10. The molecule has 2 heterocycles. The van der Waals surface area contributed by atoms with Gasteiger partial charge in [0.05, 0.1) is 5.75 Å². The van der Waals surface area contributed by atoms with E-state index in [9.17, 15) is 8.42 Å². The van der Waals surface area contributed by atoms with Crippen molar-refractivity contribution in [3.05, 3.63) is 66.0 Å². The lowest BCUT2D eigenvalue weighted by molar-refractivity contribution is 0.571. The lowest BCUT2D eigenvalue weighted by Gasteiger charge is -2.08. The van der Waals surface area contributed by atoms with Crippen molar-refractivity contribution in [1.29, 1.82) is 0 Å². The Balaban J connectivity index is 1.52. The van der Waals surface area contributed by atoms with Gasteiger partial charge in [-0.3, -0.25) is 0 Å². The van der Waals surface area contributed by atoms with Crippen molar-refractivity contribution in [2.45, 2.75) is 25.6 Å². The fourth-order valence-corrected chi connectivity index (χ4v) is 3.93. The van der Waals surface area contributed by atoms with E-state index in [2.05, 4.69) is 9.71 Å². The molecule has 0 spiro atoms. The lowest BCUT2D eigenvalue weighted by Crippen LogP contribution is -2.26. The molecule has 0 aliphatic carbocycles. The van der Waals surface area contributed by atoms with E-state index in [1.165, 1.54) is 0 Å². The van der Waals surface area contributed by atoms with Crippen molar-refractivity contribution in [3.8, 4) is 0 Å². The highest BCUT2D eigenvalue weighted by molar-refractivity contribution is 7.88. The van der Waals surface area contributed by atoms with Gasteiger partial charge in [0.1, 0.15) is 5.65 Å². The number of sulfonamides is 1. The first-order valence-corrected chi connectivity index (χ1v) is 9.61. The first-order valence-electron chi connectivity index (χ1n) is 7.96. The normalized spacial score (nSPS) is 11.9. The highest BCUT2D eigenvalue weighted by atomic mass is 32.2. The van der Waals surface area contributed by atoms with Gasteiger partial charge in [0.25, 0.3) is 0 Å². The van der Waals surface area contributed by atoms with Gasteiger partial charge in [-0.25, -0.2) is 18.1 Å². The largest absolute Gasteiger partial charge is 0.332 e. The number of aryl methyl sites for hydroxylation is 2. The van der Waals surface area contributed by atoms with Gasteiger partial charge in [-0.15, -0.1) is 0 Å². The van der Waals surface area contributed by atoms with Gasteiger partial charge in [-0.05, 0) is 37.1 Å². The third kappa shape index (κ3) is 4.21. The summed E-state index contributed by atoms with van der Waals surface area (Å²) in [5.41, 5.74) is 2.80. The Kier molecular flexibility index (Phi) is 4.97. The molecular weight excluding hydrogens is 322 g/mol. The first-order chi connectivity index (χ1) is 11.5. The number of rotatable bonds is 7. The minimum Gasteiger partial charge on any atom is -0.332 e. The van der Waals surface area contributed by atoms with Crippen LogP contribution < -0.4 is 4.72 Å². The van der Waals surface area contributed by atoms with Crippen LogP contribution in [-0.4, -0.2) is 24.5 Å². The van der Waals surface area contributed by atoms with E-state index < -0.39 is 10.0 Å². The third-order valence-electron chi connectivity index (χ3n) is 3.86. The zero-order valence-corrected chi connectivity index (χ0v) is 14.5. The van der Waals surface area contributed by atoms with Gasteiger partial charge < -0.3 is 4.57 Å². The standard InChI is InChI=1S/C18H21N3O2S/c1-15-5-2-6-16(13-15)14-24(22,23)20-10-4-11-21-12-8-17-7-3-9-19-18(17)21/h2-3,5-9,12-13,20H,4,10-11,14H2,1H3. The molecule has 0 saturated heterocycles. The van der Waals surface area contributed by atoms with Crippen LogP contribution in [-0.2, 0) is 22.3 Å². The minimum atomic E-state index is -3.31. The van der Waals surface area contributed by atoms with Gasteiger partial charge in [0.2, 0.25) is 10.0 Å². The molecule has 1 N–H and O–H groups in total. The van der Waals surface area contributed by atoms with Crippen LogP contribution in [0.3, 0.4) is 0 Å². The molecule has 2 aromatic heterocycles. The zero-order chi connectivity index (χ0) is 17.0. The van der Waals surface area contributed by atoms with Crippen molar-refractivity contribution < 1.29 is 8.42 Å². The van der Waals surface area contributed by atoms with Crippen molar-refractivity contribution in [1.82, 2.24) is 14.3 Å². The van der Waals surface area contributed by atoms with E-state index in [1.807, 2.05) is 60.2 Å². The molecule has 126 valence electrons. The Hall–Kier alpha value is -2.18.